The van der Waals surface area contributed by atoms with E-state index in [2.05, 4.69) is 13.8 Å². The number of hydrogen-bond donors (Lipinski definition) is 0. The summed E-state index contributed by atoms with van der Waals surface area (Å²) in [4.78, 5) is 12.3. The topological polar surface area (TPSA) is 35.5 Å². The van der Waals surface area contributed by atoms with E-state index in [-0.39, 0.29) is 5.78 Å². The van der Waals surface area contributed by atoms with E-state index in [9.17, 15) is 4.79 Å². The lowest BCUT2D eigenvalue weighted by atomic mass is 9.84. The van der Waals surface area contributed by atoms with Crippen LogP contribution in [0.1, 0.15) is 46.5 Å². The maximum atomic E-state index is 12.3. The smallest absolute Gasteiger partial charge is 0.165 e. The Bertz CT molecular complexity index is 214. The Morgan fingerprint density at radius 3 is 2.50 bits per heavy atom. The number of ether oxygens (including phenoxy) is 2. The van der Waals surface area contributed by atoms with Crippen LogP contribution in [0.2, 0.25) is 0 Å². The van der Waals surface area contributed by atoms with Crippen LogP contribution >= 0.6 is 0 Å². The molecule has 1 saturated heterocycles. The Labute approximate surface area is 98.5 Å². The van der Waals surface area contributed by atoms with Crippen LogP contribution in [-0.4, -0.2) is 31.2 Å². The monoisotopic (exact) mass is 228 g/mol. The molecule has 0 radical (unpaired) electrons. The van der Waals surface area contributed by atoms with Crippen molar-refractivity contribution < 1.29 is 14.3 Å². The van der Waals surface area contributed by atoms with Gasteiger partial charge in [0.15, 0.2) is 5.78 Å². The lowest BCUT2D eigenvalue weighted by molar-refractivity contribution is -0.158. The molecule has 0 amide bonds. The van der Waals surface area contributed by atoms with Crippen LogP contribution in [0.15, 0.2) is 0 Å². The van der Waals surface area contributed by atoms with Gasteiger partial charge in [0.25, 0.3) is 0 Å². The SMILES string of the molecule is CCOC1(C(=O)CC(C)CC)CCOCC1. The average molecular weight is 228 g/mol. The molecule has 1 aliphatic heterocycles. The average Bonchev–Trinajstić information content (AvgIpc) is 2.30. The van der Waals surface area contributed by atoms with Gasteiger partial charge < -0.3 is 9.47 Å². The first-order chi connectivity index (χ1) is 7.64. The predicted octanol–water partition coefficient (Wildman–Crippen LogP) is 2.58. The van der Waals surface area contributed by atoms with E-state index < -0.39 is 5.60 Å². The van der Waals surface area contributed by atoms with Crippen molar-refractivity contribution >= 4 is 5.78 Å². The minimum Gasteiger partial charge on any atom is -0.381 e. The third kappa shape index (κ3) is 3.29. The molecule has 3 heteroatoms. The number of rotatable bonds is 6. The molecule has 16 heavy (non-hydrogen) atoms. The molecule has 0 spiro atoms. The molecule has 0 saturated carbocycles. The van der Waals surface area contributed by atoms with E-state index in [1.165, 1.54) is 0 Å². The fourth-order valence-corrected chi connectivity index (χ4v) is 2.13. The first-order valence-corrected chi connectivity index (χ1v) is 6.39. The fraction of sp³-hybridized carbons (Fsp3) is 0.923. The van der Waals surface area contributed by atoms with Gasteiger partial charge in [-0.25, -0.2) is 0 Å². The summed E-state index contributed by atoms with van der Waals surface area (Å²) in [5, 5.41) is 0. The standard InChI is InChI=1S/C13H24O3/c1-4-11(3)10-12(14)13(16-5-2)6-8-15-9-7-13/h11H,4-10H2,1-3H3. The van der Waals surface area contributed by atoms with E-state index in [1.54, 1.807) is 0 Å². The Morgan fingerprint density at radius 1 is 1.38 bits per heavy atom. The first-order valence-electron chi connectivity index (χ1n) is 6.39. The Morgan fingerprint density at radius 2 is 2.00 bits per heavy atom. The number of carbonyl (C=O) groups is 1. The van der Waals surface area contributed by atoms with E-state index in [0.29, 0.717) is 32.2 Å². The van der Waals surface area contributed by atoms with Crippen molar-refractivity contribution in [3.05, 3.63) is 0 Å². The minimum atomic E-state index is -0.545. The van der Waals surface area contributed by atoms with Gasteiger partial charge in [-0.1, -0.05) is 20.3 Å². The van der Waals surface area contributed by atoms with E-state index in [0.717, 1.165) is 19.3 Å². The summed E-state index contributed by atoms with van der Waals surface area (Å²) in [5.74, 6) is 0.722. The molecule has 3 nitrogen and oxygen atoms in total. The summed E-state index contributed by atoms with van der Waals surface area (Å²) >= 11 is 0. The van der Waals surface area contributed by atoms with Crippen LogP contribution in [0.25, 0.3) is 0 Å². The number of Topliss-reactive ketones (excluding diaryl/α,β-unsaturated/α-hetero) is 1. The largest absolute Gasteiger partial charge is 0.381 e. The molecule has 0 N–H and O–H groups in total. The van der Waals surface area contributed by atoms with Crippen molar-refractivity contribution in [2.24, 2.45) is 5.92 Å². The van der Waals surface area contributed by atoms with E-state index in [4.69, 9.17) is 9.47 Å². The van der Waals surface area contributed by atoms with Gasteiger partial charge >= 0.3 is 0 Å². The van der Waals surface area contributed by atoms with E-state index >= 15 is 0 Å². The van der Waals surface area contributed by atoms with Crippen LogP contribution in [-0.2, 0) is 14.3 Å². The van der Waals surface area contributed by atoms with Gasteiger partial charge in [-0.05, 0) is 12.8 Å². The number of ketones is 1. The number of carbonyl (C=O) groups excluding carboxylic acids is 1. The summed E-state index contributed by atoms with van der Waals surface area (Å²) in [6.07, 6.45) is 3.12. The second kappa shape index (κ2) is 6.36. The van der Waals surface area contributed by atoms with Gasteiger partial charge in [0.1, 0.15) is 5.60 Å². The zero-order chi connectivity index (χ0) is 12.0. The highest BCUT2D eigenvalue weighted by molar-refractivity contribution is 5.87. The molecule has 0 aliphatic carbocycles. The molecule has 1 heterocycles. The second-order valence-corrected chi connectivity index (χ2v) is 4.68. The quantitative estimate of drug-likeness (QED) is 0.701. The zero-order valence-electron chi connectivity index (χ0n) is 10.8. The van der Waals surface area contributed by atoms with Gasteiger partial charge in [0.05, 0.1) is 0 Å². The summed E-state index contributed by atoms with van der Waals surface area (Å²) in [7, 11) is 0. The van der Waals surface area contributed by atoms with Crippen molar-refractivity contribution in [1.29, 1.82) is 0 Å². The van der Waals surface area contributed by atoms with Crippen molar-refractivity contribution in [3.63, 3.8) is 0 Å². The van der Waals surface area contributed by atoms with Crippen LogP contribution in [0.4, 0.5) is 0 Å². The lowest BCUT2D eigenvalue weighted by Gasteiger charge is -2.36. The molecule has 1 rings (SSSR count). The maximum Gasteiger partial charge on any atom is 0.165 e. The summed E-state index contributed by atoms with van der Waals surface area (Å²) in [6, 6.07) is 0. The Kier molecular flexibility index (Phi) is 5.42. The molecule has 0 aromatic heterocycles. The van der Waals surface area contributed by atoms with Crippen molar-refractivity contribution in [1.82, 2.24) is 0 Å². The fourth-order valence-electron chi connectivity index (χ4n) is 2.13. The molecule has 0 bridgehead atoms. The molecule has 94 valence electrons. The van der Waals surface area contributed by atoms with Gasteiger partial charge in [0, 0.05) is 39.1 Å². The van der Waals surface area contributed by atoms with Crippen LogP contribution < -0.4 is 0 Å². The van der Waals surface area contributed by atoms with Gasteiger partial charge in [-0.2, -0.15) is 0 Å². The van der Waals surface area contributed by atoms with Gasteiger partial charge in [-0.15, -0.1) is 0 Å². The van der Waals surface area contributed by atoms with Crippen molar-refractivity contribution in [2.75, 3.05) is 19.8 Å². The molecular weight excluding hydrogens is 204 g/mol. The Hall–Kier alpha value is -0.410. The van der Waals surface area contributed by atoms with Crippen molar-refractivity contribution in [3.8, 4) is 0 Å². The lowest BCUT2D eigenvalue weighted by Crippen LogP contribution is -2.47. The zero-order valence-corrected chi connectivity index (χ0v) is 10.8. The maximum absolute atomic E-state index is 12.3. The van der Waals surface area contributed by atoms with E-state index in [1.807, 2.05) is 6.92 Å². The summed E-state index contributed by atoms with van der Waals surface area (Å²) in [6.45, 7) is 8.09. The highest BCUT2D eigenvalue weighted by Crippen LogP contribution is 2.29. The highest BCUT2D eigenvalue weighted by atomic mass is 16.5. The van der Waals surface area contributed by atoms with Crippen LogP contribution in [0.5, 0.6) is 0 Å². The third-order valence-electron chi connectivity index (χ3n) is 3.46. The second-order valence-electron chi connectivity index (χ2n) is 4.68. The molecular formula is C13H24O3. The molecule has 1 fully saturated rings. The summed E-state index contributed by atoms with van der Waals surface area (Å²) < 4.78 is 11.1. The number of hydrogen-bond acceptors (Lipinski definition) is 3. The minimum absolute atomic E-state index is 0.270. The van der Waals surface area contributed by atoms with Crippen molar-refractivity contribution in [2.45, 2.75) is 52.1 Å². The predicted molar refractivity (Wildman–Crippen MR) is 63.5 cm³/mol. The molecule has 0 aromatic carbocycles. The van der Waals surface area contributed by atoms with Gasteiger partial charge in [0.2, 0.25) is 0 Å². The molecule has 1 aliphatic rings. The third-order valence-corrected chi connectivity index (χ3v) is 3.46. The molecule has 1 atom stereocenters. The van der Waals surface area contributed by atoms with Gasteiger partial charge in [-0.3, -0.25) is 4.79 Å². The highest BCUT2D eigenvalue weighted by Gasteiger charge is 2.40. The van der Waals surface area contributed by atoms with Crippen LogP contribution in [0, 0.1) is 5.92 Å². The summed E-state index contributed by atoms with van der Waals surface area (Å²) in [5.41, 5.74) is -0.545. The molecule has 1 unspecified atom stereocenters. The van der Waals surface area contributed by atoms with Crippen LogP contribution in [0.3, 0.4) is 0 Å². The Balaban J connectivity index is 2.64. The molecule has 0 aromatic rings. The first kappa shape index (κ1) is 13.7. The normalized spacial score (nSPS) is 21.7.